The van der Waals surface area contributed by atoms with Crippen molar-refractivity contribution < 1.29 is 13.7 Å². The topological polar surface area (TPSA) is 59.5 Å². The van der Waals surface area contributed by atoms with E-state index in [1.165, 1.54) is 6.08 Å². The van der Waals surface area contributed by atoms with Crippen LogP contribution in [0.3, 0.4) is 0 Å². The number of furan rings is 1. The Morgan fingerprint density at radius 2 is 2.44 bits per heavy atom. The van der Waals surface area contributed by atoms with E-state index in [1.54, 1.807) is 35.6 Å². The van der Waals surface area contributed by atoms with Crippen LogP contribution in [0.1, 0.15) is 17.1 Å². The van der Waals surface area contributed by atoms with Crippen LogP contribution in [0, 0.1) is 0 Å². The van der Waals surface area contributed by atoms with E-state index in [0.717, 1.165) is 17.7 Å². The van der Waals surface area contributed by atoms with Crippen molar-refractivity contribution >= 4 is 12.0 Å². The Balaban J connectivity index is 1.68. The molecule has 1 aliphatic heterocycles. The van der Waals surface area contributed by atoms with Crippen LogP contribution in [0.25, 0.3) is 6.08 Å². The Hall–Kier alpha value is -2.30. The highest BCUT2D eigenvalue weighted by Crippen LogP contribution is 2.18. The highest BCUT2D eigenvalue weighted by atomic mass is 16.5. The summed E-state index contributed by atoms with van der Waals surface area (Å²) in [5.74, 6) is 1.53. The first-order valence-electron chi connectivity index (χ1n) is 5.76. The largest absolute Gasteiger partial charge is 0.465 e. The van der Waals surface area contributed by atoms with Crippen molar-refractivity contribution in [3.05, 3.63) is 47.8 Å². The molecule has 18 heavy (non-hydrogen) atoms. The van der Waals surface area contributed by atoms with Gasteiger partial charge in [-0.1, -0.05) is 5.16 Å². The van der Waals surface area contributed by atoms with E-state index in [2.05, 4.69) is 5.16 Å². The Kier molecular flexibility index (Phi) is 2.72. The third kappa shape index (κ3) is 2.07. The summed E-state index contributed by atoms with van der Waals surface area (Å²) in [7, 11) is 0. The zero-order chi connectivity index (χ0) is 12.4. The number of hydrogen-bond donors (Lipinski definition) is 0. The van der Waals surface area contributed by atoms with Gasteiger partial charge in [-0.15, -0.1) is 0 Å². The van der Waals surface area contributed by atoms with E-state index in [4.69, 9.17) is 8.94 Å². The fourth-order valence-electron chi connectivity index (χ4n) is 1.97. The smallest absolute Gasteiger partial charge is 0.247 e. The predicted molar refractivity (Wildman–Crippen MR) is 63.4 cm³/mol. The van der Waals surface area contributed by atoms with Crippen LogP contribution in [0.5, 0.6) is 0 Å². The number of nitrogens with zero attached hydrogens (tertiary/aromatic N) is 2. The second kappa shape index (κ2) is 4.52. The van der Waals surface area contributed by atoms with Gasteiger partial charge in [-0.3, -0.25) is 4.79 Å². The molecule has 3 rings (SSSR count). The van der Waals surface area contributed by atoms with Gasteiger partial charge in [-0.25, -0.2) is 0 Å². The molecule has 0 saturated carbocycles. The van der Waals surface area contributed by atoms with Crippen molar-refractivity contribution in [2.24, 2.45) is 0 Å². The van der Waals surface area contributed by atoms with Crippen molar-refractivity contribution in [1.29, 1.82) is 0 Å². The molecule has 0 unspecified atom stereocenters. The van der Waals surface area contributed by atoms with Gasteiger partial charge in [-0.2, -0.15) is 0 Å². The van der Waals surface area contributed by atoms with Crippen molar-refractivity contribution in [3.63, 3.8) is 0 Å². The summed E-state index contributed by atoms with van der Waals surface area (Å²) in [4.78, 5) is 13.7. The molecule has 92 valence electrons. The molecule has 2 aromatic heterocycles. The van der Waals surface area contributed by atoms with Crippen molar-refractivity contribution in [2.45, 2.75) is 13.0 Å². The number of aromatic nitrogens is 1. The standard InChI is InChI=1S/C13H12N2O3/c16-13(4-3-11-2-1-7-17-11)15-6-5-12-10(9-15)8-14-18-12/h1-4,7-8H,5-6,9H2. The van der Waals surface area contributed by atoms with Gasteiger partial charge in [0.05, 0.1) is 19.0 Å². The summed E-state index contributed by atoms with van der Waals surface area (Å²) >= 11 is 0. The molecular weight excluding hydrogens is 232 g/mol. The number of carbonyl (C=O) groups is 1. The molecule has 0 spiro atoms. The monoisotopic (exact) mass is 244 g/mol. The minimum Gasteiger partial charge on any atom is -0.465 e. The van der Waals surface area contributed by atoms with Gasteiger partial charge in [0, 0.05) is 24.6 Å². The average Bonchev–Trinajstić information content (AvgIpc) is 3.05. The molecule has 0 radical (unpaired) electrons. The normalized spacial score (nSPS) is 15.0. The van der Waals surface area contributed by atoms with Gasteiger partial charge in [0.1, 0.15) is 11.5 Å². The second-order valence-electron chi connectivity index (χ2n) is 4.13. The third-order valence-corrected chi connectivity index (χ3v) is 2.94. The Morgan fingerprint density at radius 1 is 1.50 bits per heavy atom. The van der Waals surface area contributed by atoms with E-state index >= 15 is 0 Å². The SMILES string of the molecule is O=C(C=Cc1ccco1)N1CCc2oncc2C1. The first-order chi connectivity index (χ1) is 8.83. The number of hydrogen-bond acceptors (Lipinski definition) is 4. The first kappa shape index (κ1) is 10.8. The molecule has 2 aromatic rings. The lowest BCUT2D eigenvalue weighted by Gasteiger charge is -2.24. The predicted octanol–water partition coefficient (Wildman–Crippen LogP) is 1.87. The molecule has 5 nitrogen and oxygen atoms in total. The van der Waals surface area contributed by atoms with Crippen molar-refractivity contribution in [2.75, 3.05) is 6.54 Å². The molecule has 0 bridgehead atoms. The molecule has 0 saturated heterocycles. The molecule has 0 aliphatic carbocycles. The minimum atomic E-state index is -0.0294. The zero-order valence-corrected chi connectivity index (χ0v) is 9.70. The Morgan fingerprint density at radius 3 is 3.28 bits per heavy atom. The lowest BCUT2D eigenvalue weighted by Crippen LogP contribution is -2.34. The fraction of sp³-hybridized carbons (Fsp3) is 0.231. The second-order valence-corrected chi connectivity index (χ2v) is 4.13. The van der Waals surface area contributed by atoms with Gasteiger partial charge < -0.3 is 13.8 Å². The maximum atomic E-state index is 12.0. The Bertz CT molecular complexity index is 569. The molecule has 0 fully saturated rings. The van der Waals surface area contributed by atoms with E-state index in [1.807, 2.05) is 0 Å². The van der Waals surface area contributed by atoms with E-state index < -0.39 is 0 Å². The molecular formula is C13H12N2O3. The first-order valence-corrected chi connectivity index (χ1v) is 5.76. The maximum absolute atomic E-state index is 12.0. The Labute approximate surface area is 104 Å². The average molecular weight is 244 g/mol. The molecule has 1 aliphatic rings. The lowest BCUT2D eigenvalue weighted by atomic mass is 10.1. The minimum absolute atomic E-state index is 0.0294. The van der Waals surface area contributed by atoms with Crippen LogP contribution in [0.2, 0.25) is 0 Å². The number of fused-ring (bicyclic) bond motifs is 1. The maximum Gasteiger partial charge on any atom is 0.247 e. The highest BCUT2D eigenvalue weighted by molar-refractivity contribution is 5.91. The van der Waals surface area contributed by atoms with Crippen LogP contribution < -0.4 is 0 Å². The lowest BCUT2D eigenvalue weighted by molar-refractivity contribution is -0.126. The third-order valence-electron chi connectivity index (χ3n) is 2.94. The van der Waals surface area contributed by atoms with Crippen LogP contribution in [-0.2, 0) is 17.8 Å². The van der Waals surface area contributed by atoms with Gasteiger partial charge in [0.25, 0.3) is 0 Å². The van der Waals surface area contributed by atoms with Gasteiger partial charge >= 0.3 is 0 Å². The summed E-state index contributed by atoms with van der Waals surface area (Å²) in [6.07, 6.45) is 7.16. The quantitative estimate of drug-likeness (QED) is 0.756. The van der Waals surface area contributed by atoms with Gasteiger partial charge in [-0.05, 0) is 18.2 Å². The number of rotatable bonds is 2. The zero-order valence-electron chi connectivity index (χ0n) is 9.70. The van der Waals surface area contributed by atoms with Crippen LogP contribution in [0.4, 0.5) is 0 Å². The van der Waals surface area contributed by atoms with Crippen LogP contribution >= 0.6 is 0 Å². The molecule has 3 heterocycles. The number of amides is 1. The van der Waals surface area contributed by atoms with E-state index in [9.17, 15) is 4.79 Å². The fourth-order valence-corrected chi connectivity index (χ4v) is 1.97. The van der Waals surface area contributed by atoms with Crippen molar-refractivity contribution in [3.8, 4) is 0 Å². The van der Waals surface area contributed by atoms with Crippen molar-refractivity contribution in [1.82, 2.24) is 10.1 Å². The molecule has 5 heteroatoms. The van der Waals surface area contributed by atoms with Crippen LogP contribution in [-0.4, -0.2) is 22.5 Å². The summed E-state index contributed by atoms with van der Waals surface area (Å²) in [6.45, 7) is 1.21. The summed E-state index contributed by atoms with van der Waals surface area (Å²) in [5, 5.41) is 3.74. The molecule has 0 N–H and O–H groups in total. The summed E-state index contributed by atoms with van der Waals surface area (Å²) in [5.41, 5.74) is 0.987. The van der Waals surface area contributed by atoms with Gasteiger partial charge in [0.15, 0.2) is 0 Å². The number of carbonyl (C=O) groups excluding carboxylic acids is 1. The van der Waals surface area contributed by atoms with Gasteiger partial charge in [0.2, 0.25) is 5.91 Å². The molecule has 0 aromatic carbocycles. The van der Waals surface area contributed by atoms with E-state index in [-0.39, 0.29) is 5.91 Å². The highest BCUT2D eigenvalue weighted by Gasteiger charge is 2.21. The van der Waals surface area contributed by atoms with Crippen LogP contribution in [0.15, 0.2) is 39.6 Å². The molecule has 1 amide bonds. The molecule has 0 atom stereocenters. The summed E-state index contributed by atoms with van der Waals surface area (Å²) < 4.78 is 10.2. The van der Waals surface area contributed by atoms with E-state index in [0.29, 0.717) is 18.8 Å². The summed E-state index contributed by atoms with van der Waals surface area (Å²) in [6, 6.07) is 3.59.